The Balaban J connectivity index is 1.70. The molecule has 0 saturated carbocycles. The number of aryl methyl sites for hydroxylation is 1. The first-order valence-electron chi connectivity index (χ1n) is 11.1. The van der Waals surface area contributed by atoms with Crippen molar-refractivity contribution in [2.75, 3.05) is 43.0 Å². The predicted octanol–water partition coefficient (Wildman–Crippen LogP) is 2.37. The van der Waals surface area contributed by atoms with Crippen LogP contribution in [0.3, 0.4) is 0 Å². The van der Waals surface area contributed by atoms with Gasteiger partial charge in [-0.25, -0.2) is 8.42 Å². The first kappa shape index (κ1) is 25.5. The largest absolute Gasteiger partial charge is 0.324 e. The first-order valence-corrected chi connectivity index (χ1v) is 13.7. The standard InChI is InChI=1S/C23H32N4O4S2/c1-4-27(5-2)33(30,31)20-7-9-23(29)26(16-20)17-22(28)24-21-8-6-19(14-18(21)3)15-25-10-12-32-13-11-25/h6-9,14,16H,4-5,10-13,15,17H2,1-3H3,(H,24,28). The van der Waals surface area contributed by atoms with Crippen molar-refractivity contribution in [3.63, 3.8) is 0 Å². The van der Waals surface area contributed by atoms with Gasteiger partial charge in [0, 0.05) is 62.2 Å². The second-order valence-corrected chi connectivity index (χ2v) is 11.2. The zero-order valence-corrected chi connectivity index (χ0v) is 21.0. The molecule has 0 aliphatic carbocycles. The third-order valence-corrected chi connectivity index (χ3v) is 8.66. The second-order valence-electron chi connectivity index (χ2n) is 8.01. The summed E-state index contributed by atoms with van der Waals surface area (Å²) in [5.74, 6) is 1.92. The Labute approximate surface area is 200 Å². The van der Waals surface area contributed by atoms with E-state index in [2.05, 4.69) is 16.3 Å². The molecule has 1 aromatic heterocycles. The number of sulfonamides is 1. The molecule has 0 radical (unpaired) electrons. The molecule has 8 nitrogen and oxygen atoms in total. The van der Waals surface area contributed by atoms with Crippen LogP contribution in [0.5, 0.6) is 0 Å². The van der Waals surface area contributed by atoms with E-state index in [9.17, 15) is 18.0 Å². The summed E-state index contributed by atoms with van der Waals surface area (Å²) in [7, 11) is -3.72. The van der Waals surface area contributed by atoms with Crippen molar-refractivity contribution in [2.45, 2.75) is 38.8 Å². The monoisotopic (exact) mass is 492 g/mol. The molecule has 0 atom stereocenters. The average molecular weight is 493 g/mol. The highest BCUT2D eigenvalue weighted by molar-refractivity contribution is 7.99. The van der Waals surface area contributed by atoms with Crippen LogP contribution in [0.15, 0.2) is 46.2 Å². The minimum Gasteiger partial charge on any atom is -0.324 e. The summed E-state index contributed by atoms with van der Waals surface area (Å²) in [6.45, 7) is 8.88. The maximum Gasteiger partial charge on any atom is 0.251 e. The zero-order valence-electron chi connectivity index (χ0n) is 19.4. The van der Waals surface area contributed by atoms with Crippen LogP contribution in [0.25, 0.3) is 0 Å². The summed E-state index contributed by atoms with van der Waals surface area (Å²) in [6.07, 6.45) is 1.24. The molecule has 33 heavy (non-hydrogen) atoms. The Morgan fingerprint density at radius 2 is 1.82 bits per heavy atom. The maximum absolute atomic E-state index is 12.8. The highest BCUT2D eigenvalue weighted by Crippen LogP contribution is 2.20. The highest BCUT2D eigenvalue weighted by atomic mass is 32.2. The summed E-state index contributed by atoms with van der Waals surface area (Å²) in [6, 6.07) is 8.43. The molecule has 180 valence electrons. The summed E-state index contributed by atoms with van der Waals surface area (Å²) < 4.78 is 28.0. The van der Waals surface area contributed by atoms with Crippen LogP contribution in [-0.2, 0) is 27.9 Å². The number of amides is 1. The Bertz CT molecular complexity index is 1140. The van der Waals surface area contributed by atoms with Gasteiger partial charge in [-0.3, -0.25) is 14.5 Å². The molecule has 10 heteroatoms. The molecule has 2 aromatic rings. The van der Waals surface area contributed by atoms with E-state index in [0.717, 1.165) is 41.3 Å². The molecule has 1 fully saturated rings. The fourth-order valence-corrected chi connectivity index (χ4v) is 6.28. The van der Waals surface area contributed by atoms with Gasteiger partial charge >= 0.3 is 0 Å². The summed E-state index contributed by atoms with van der Waals surface area (Å²) >= 11 is 1.98. The number of thioether (sulfide) groups is 1. The minimum atomic E-state index is -3.72. The Hall–Kier alpha value is -2.14. The number of hydrogen-bond acceptors (Lipinski definition) is 6. The van der Waals surface area contributed by atoms with Gasteiger partial charge < -0.3 is 9.88 Å². The number of hydrogen-bond donors (Lipinski definition) is 1. The maximum atomic E-state index is 12.8. The van der Waals surface area contributed by atoms with E-state index in [4.69, 9.17) is 0 Å². The number of nitrogens with zero attached hydrogens (tertiary/aromatic N) is 3. The topological polar surface area (TPSA) is 91.7 Å². The van der Waals surface area contributed by atoms with Crippen molar-refractivity contribution in [3.05, 3.63) is 58.0 Å². The van der Waals surface area contributed by atoms with Crippen molar-refractivity contribution in [2.24, 2.45) is 0 Å². The molecule has 0 spiro atoms. The van der Waals surface area contributed by atoms with Gasteiger partial charge in [0.25, 0.3) is 5.56 Å². The number of carbonyl (C=O) groups is 1. The number of anilines is 1. The van der Waals surface area contributed by atoms with E-state index in [0.29, 0.717) is 18.8 Å². The smallest absolute Gasteiger partial charge is 0.251 e. The predicted molar refractivity (Wildman–Crippen MR) is 133 cm³/mol. The number of rotatable bonds is 9. The molecular weight excluding hydrogens is 460 g/mol. The fraction of sp³-hybridized carbons (Fsp3) is 0.478. The van der Waals surface area contributed by atoms with Crippen LogP contribution in [0.4, 0.5) is 5.69 Å². The molecular formula is C23H32N4O4S2. The van der Waals surface area contributed by atoms with Crippen molar-refractivity contribution < 1.29 is 13.2 Å². The highest BCUT2D eigenvalue weighted by Gasteiger charge is 2.22. The lowest BCUT2D eigenvalue weighted by Gasteiger charge is -2.26. The molecule has 1 saturated heterocycles. The van der Waals surface area contributed by atoms with E-state index in [-0.39, 0.29) is 11.4 Å². The molecule has 1 aliphatic rings. The average Bonchev–Trinajstić information content (AvgIpc) is 2.78. The normalized spacial score (nSPS) is 15.0. The molecule has 0 unspecified atom stereocenters. The lowest BCUT2D eigenvalue weighted by Crippen LogP contribution is -2.33. The summed E-state index contributed by atoms with van der Waals surface area (Å²) in [5, 5.41) is 2.84. The van der Waals surface area contributed by atoms with Crippen molar-refractivity contribution >= 4 is 33.4 Å². The van der Waals surface area contributed by atoms with Gasteiger partial charge in [-0.1, -0.05) is 26.0 Å². The van der Waals surface area contributed by atoms with Crippen LogP contribution in [0, 0.1) is 6.92 Å². The molecule has 0 bridgehead atoms. The zero-order chi connectivity index (χ0) is 24.0. The van der Waals surface area contributed by atoms with Crippen LogP contribution in [-0.4, -0.2) is 65.8 Å². The van der Waals surface area contributed by atoms with Gasteiger partial charge in [-0.2, -0.15) is 16.1 Å². The van der Waals surface area contributed by atoms with Gasteiger partial charge in [0.1, 0.15) is 6.54 Å². The Morgan fingerprint density at radius 3 is 2.45 bits per heavy atom. The third kappa shape index (κ3) is 6.47. The number of aromatic nitrogens is 1. The Morgan fingerprint density at radius 1 is 1.12 bits per heavy atom. The molecule has 1 N–H and O–H groups in total. The summed E-state index contributed by atoms with van der Waals surface area (Å²) in [5.41, 5.74) is 2.38. The second kappa shape index (κ2) is 11.3. The summed E-state index contributed by atoms with van der Waals surface area (Å²) in [4.78, 5) is 27.3. The van der Waals surface area contributed by atoms with Gasteiger partial charge in [0.15, 0.2) is 0 Å². The van der Waals surface area contributed by atoms with Crippen LogP contribution in [0.2, 0.25) is 0 Å². The van der Waals surface area contributed by atoms with Crippen molar-refractivity contribution in [1.82, 2.24) is 13.8 Å². The lowest BCUT2D eigenvalue weighted by molar-refractivity contribution is -0.116. The molecule has 3 rings (SSSR count). The van der Waals surface area contributed by atoms with E-state index in [1.165, 1.54) is 28.2 Å². The Kier molecular flexibility index (Phi) is 8.75. The van der Waals surface area contributed by atoms with Crippen LogP contribution >= 0.6 is 11.8 Å². The number of nitrogens with one attached hydrogen (secondary N) is 1. The SMILES string of the molecule is CCN(CC)S(=O)(=O)c1ccc(=O)n(CC(=O)Nc2ccc(CN3CCSCC3)cc2C)c1. The molecule has 1 aliphatic heterocycles. The molecule has 2 heterocycles. The number of pyridine rings is 1. The van der Waals surface area contributed by atoms with Crippen LogP contribution in [0.1, 0.15) is 25.0 Å². The molecule has 1 aromatic carbocycles. The number of benzene rings is 1. The van der Waals surface area contributed by atoms with Gasteiger partial charge in [-0.15, -0.1) is 0 Å². The van der Waals surface area contributed by atoms with Gasteiger partial charge in [-0.05, 0) is 30.2 Å². The molecule has 1 amide bonds. The van der Waals surface area contributed by atoms with E-state index in [1.54, 1.807) is 13.8 Å². The fourth-order valence-electron chi connectivity index (χ4n) is 3.82. The number of carbonyl (C=O) groups excluding carboxylic acids is 1. The quantitative estimate of drug-likeness (QED) is 0.578. The van der Waals surface area contributed by atoms with Gasteiger partial charge in [0.05, 0.1) is 4.90 Å². The first-order chi connectivity index (χ1) is 15.7. The lowest BCUT2D eigenvalue weighted by atomic mass is 10.1. The third-order valence-electron chi connectivity index (χ3n) is 5.69. The van der Waals surface area contributed by atoms with Gasteiger partial charge in [0.2, 0.25) is 15.9 Å². The van der Waals surface area contributed by atoms with E-state index in [1.807, 2.05) is 30.8 Å². The van der Waals surface area contributed by atoms with E-state index >= 15 is 0 Å². The minimum absolute atomic E-state index is 0.00440. The van der Waals surface area contributed by atoms with E-state index < -0.39 is 21.5 Å². The van der Waals surface area contributed by atoms with Crippen molar-refractivity contribution in [3.8, 4) is 0 Å². The van der Waals surface area contributed by atoms with Crippen LogP contribution < -0.4 is 10.9 Å². The van der Waals surface area contributed by atoms with Crippen molar-refractivity contribution in [1.29, 1.82) is 0 Å².